The minimum atomic E-state index is -4.84. The first-order valence-electron chi connectivity index (χ1n) is 13.3. The van der Waals surface area contributed by atoms with Crippen LogP contribution in [-0.4, -0.2) is 68.3 Å². The molecule has 2 amide bonds. The number of alkyl halides is 3. The number of nitriles is 1. The highest BCUT2D eigenvalue weighted by atomic mass is 32.2. The third kappa shape index (κ3) is 5.21. The summed E-state index contributed by atoms with van der Waals surface area (Å²) in [4.78, 5) is 30.1. The standard InChI is InChI=1S/C28H29F3N4O6S/c1-4-42(38,39)33-18-6-9-20(10-7-18)40-12-11-34-15-26(2)22-23(27(3,16-34)41-26)25(37)35(24(22)36)19-8-5-17(14-32)21(13-19)28(29,30)31/h5-10,13,22-23,33H,4,11-12,15-16H2,1-3H3/t22-,23?,26+,27-/m0/s1. The van der Waals surface area contributed by atoms with Crippen molar-refractivity contribution in [1.29, 1.82) is 5.26 Å². The third-order valence-electron chi connectivity index (χ3n) is 8.03. The number of hydrogen-bond acceptors (Lipinski definition) is 8. The number of likely N-dealkylation sites (tertiary alicyclic amines) is 1. The molecule has 3 saturated heterocycles. The molecule has 0 spiro atoms. The Kier molecular flexibility index (Phi) is 7.28. The van der Waals surface area contributed by atoms with Gasteiger partial charge in [0.05, 0.1) is 51.7 Å². The van der Waals surface area contributed by atoms with Crippen LogP contribution in [0, 0.1) is 23.2 Å². The van der Waals surface area contributed by atoms with Crippen LogP contribution >= 0.6 is 0 Å². The average molecular weight is 607 g/mol. The van der Waals surface area contributed by atoms with Crippen LogP contribution in [0.2, 0.25) is 0 Å². The van der Waals surface area contributed by atoms with Crippen molar-refractivity contribution in [3.05, 3.63) is 53.6 Å². The molecule has 2 bridgehead atoms. The van der Waals surface area contributed by atoms with Gasteiger partial charge >= 0.3 is 6.18 Å². The molecule has 3 fully saturated rings. The van der Waals surface area contributed by atoms with E-state index in [-0.39, 0.29) is 18.0 Å². The Bertz CT molecular complexity index is 1540. The van der Waals surface area contributed by atoms with Gasteiger partial charge in [-0.1, -0.05) is 0 Å². The molecular weight excluding hydrogens is 577 g/mol. The Hall–Kier alpha value is -3.67. The molecule has 42 heavy (non-hydrogen) atoms. The highest BCUT2D eigenvalue weighted by molar-refractivity contribution is 7.92. The number of sulfonamides is 1. The van der Waals surface area contributed by atoms with Crippen LogP contribution in [-0.2, 0) is 30.5 Å². The number of amides is 2. The molecule has 1 N–H and O–H groups in total. The predicted octanol–water partition coefficient (Wildman–Crippen LogP) is 3.39. The van der Waals surface area contributed by atoms with Crippen molar-refractivity contribution in [2.75, 3.05) is 41.6 Å². The number of rotatable bonds is 8. The van der Waals surface area contributed by atoms with E-state index in [0.717, 1.165) is 11.0 Å². The molecule has 2 aromatic carbocycles. The van der Waals surface area contributed by atoms with Crippen LogP contribution in [0.25, 0.3) is 0 Å². The van der Waals surface area contributed by atoms with E-state index in [1.807, 2.05) is 4.90 Å². The monoisotopic (exact) mass is 606 g/mol. The first-order chi connectivity index (χ1) is 19.6. The van der Waals surface area contributed by atoms with Crippen LogP contribution in [0.5, 0.6) is 5.75 Å². The van der Waals surface area contributed by atoms with Crippen molar-refractivity contribution in [1.82, 2.24) is 4.90 Å². The van der Waals surface area contributed by atoms with E-state index >= 15 is 0 Å². The minimum absolute atomic E-state index is 0.0476. The lowest BCUT2D eigenvalue weighted by atomic mass is 9.79. The van der Waals surface area contributed by atoms with E-state index in [1.165, 1.54) is 19.1 Å². The maximum Gasteiger partial charge on any atom is 0.417 e. The van der Waals surface area contributed by atoms with E-state index in [1.54, 1.807) is 38.1 Å². The summed E-state index contributed by atoms with van der Waals surface area (Å²) in [6.07, 6.45) is -4.84. The summed E-state index contributed by atoms with van der Waals surface area (Å²) < 4.78 is 78.8. The van der Waals surface area contributed by atoms with E-state index in [2.05, 4.69) is 4.72 Å². The number of morpholine rings is 1. The number of benzene rings is 2. The number of nitrogens with zero attached hydrogens (tertiary/aromatic N) is 3. The Morgan fingerprint density at radius 3 is 2.19 bits per heavy atom. The maximum absolute atomic E-state index is 13.6. The molecule has 2 aromatic rings. The molecular formula is C28H29F3N4O6S. The van der Waals surface area contributed by atoms with Crippen molar-refractivity contribution >= 4 is 33.2 Å². The molecule has 0 aromatic heterocycles. The Morgan fingerprint density at radius 1 is 1.07 bits per heavy atom. The number of halogens is 3. The maximum atomic E-state index is 13.6. The summed E-state index contributed by atoms with van der Waals surface area (Å²) in [6, 6.07) is 10.8. The second-order valence-electron chi connectivity index (χ2n) is 11.1. The summed E-state index contributed by atoms with van der Waals surface area (Å²) in [5.41, 5.74) is -3.76. The van der Waals surface area contributed by atoms with Gasteiger partial charge in [-0.2, -0.15) is 18.4 Å². The van der Waals surface area contributed by atoms with Gasteiger partial charge in [-0.15, -0.1) is 0 Å². The number of hydrogen-bond donors (Lipinski definition) is 1. The van der Waals surface area contributed by atoms with Crippen LogP contribution < -0.4 is 14.4 Å². The van der Waals surface area contributed by atoms with Crippen LogP contribution in [0.1, 0.15) is 31.9 Å². The fraction of sp³-hybridized carbons (Fsp3) is 0.464. The highest BCUT2D eigenvalue weighted by Crippen LogP contribution is 2.55. The Labute approximate surface area is 241 Å². The largest absolute Gasteiger partial charge is 0.492 e. The van der Waals surface area contributed by atoms with Gasteiger partial charge in [-0.25, -0.2) is 13.3 Å². The zero-order valence-corrected chi connectivity index (χ0v) is 23.9. The number of carbonyl (C=O) groups is 2. The zero-order chi connectivity index (χ0) is 30.7. The topological polar surface area (TPSA) is 129 Å². The van der Waals surface area contributed by atoms with Crippen molar-refractivity contribution in [2.45, 2.75) is 38.1 Å². The molecule has 3 aliphatic rings. The Morgan fingerprint density at radius 2 is 1.67 bits per heavy atom. The quantitative estimate of drug-likeness (QED) is 0.453. The van der Waals surface area contributed by atoms with Crippen molar-refractivity contribution in [3.8, 4) is 11.8 Å². The van der Waals surface area contributed by atoms with Crippen molar-refractivity contribution in [2.24, 2.45) is 11.8 Å². The lowest BCUT2D eigenvalue weighted by Gasteiger charge is -2.45. The van der Waals surface area contributed by atoms with Gasteiger partial charge in [-0.3, -0.25) is 19.2 Å². The first-order valence-corrected chi connectivity index (χ1v) is 14.9. The third-order valence-corrected chi connectivity index (χ3v) is 9.34. The molecule has 3 aliphatic heterocycles. The summed E-state index contributed by atoms with van der Waals surface area (Å²) in [5.74, 6) is -2.58. The van der Waals surface area contributed by atoms with Gasteiger partial charge in [0.1, 0.15) is 12.4 Å². The number of ether oxygens (including phenoxy) is 2. The SMILES string of the molecule is CCS(=O)(=O)Nc1ccc(OCCN2C[C@@]3(C)O[C@@](C)(C2)C2C(=O)N(c4ccc(C#N)c(C(F)(F)F)c4)C(=O)[C@H]23)cc1. The zero-order valence-electron chi connectivity index (χ0n) is 23.1. The second kappa shape index (κ2) is 10.3. The average Bonchev–Trinajstić information content (AvgIpc) is 3.28. The number of fused-ring (bicyclic) bond motifs is 5. The summed E-state index contributed by atoms with van der Waals surface area (Å²) in [5, 5.41) is 9.11. The lowest BCUT2D eigenvalue weighted by Crippen LogP contribution is -2.58. The molecule has 1 unspecified atom stereocenters. The molecule has 14 heteroatoms. The van der Waals surface area contributed by atoms with Gasteiger partial charge in [-0.05, 0) is 63.2 Å². The van der Waals surface area contributed by atoms with Crippen molar-refractivity contribution in [3.63, 3.8) is 0 Å². The number of carbonyl (C=O) groups excluding carboxylic acids is 2. The smallest absolute Gasteiger partial charge is 0.417 e. The highest BCUT2D eigenvalue weighted by Gasteiger charge is 2.71. The molecule has 10 nitrogen and oxygen atoms in total. The normalized spacial score (nSPS) is 27.6. The number of anilines is 2. The molecule has 5 rings (SSSR count). The van der Waals surface area contributed by atoms with Gasteiger partial charge in [0.15, 0.2) is 0 Å². The van der Waals surface area contributed by atoms with Gasteiger partial charge in [0.25, 0.3) is 0 Å². The second-order valence-corrected chi connectivity index (χ2v) is 13.1. The summed E-state index contributed by atoms with van der Waals surface area (Å²) >= 11 is 0. The van der Waals surface area contributed by atoms with E-state index < -0.39 is 62.2 Å². The van der Waals surface area contributed by atoms with Gasteiger partial charge in [0.2, 0.25) is 21.8 Å². The van der Waals surface area contributed by atoms with Crippen LogP contribution in [0.4, 0.5) is 24.5 Å². The summed E-state index contributed by atoms with van der Waals surface area (Å²) in [7, 11) is -3.39. The van der Waals surface area contributed by atoms with Gasteiger partial charge < -0.3 is 9.47 Å². The van der Waals surface area contributed by atoms with Crippen LogP contribution in [0.3, 0.4) is 0 Å². The van der Waals surface area contributed by atoms with E-state index in [0.29, 0.717) is 37.1 Å². The molecule has 224 valence electrons. The predicted molar refractivity (Wildman–Crippen MR) is 145 cm³/mol. The molecule has 0 aliphatic carbocycles. The molecule has 0 radical (unpaired) electrons. The Balaban J connectivity index is 1.28. The fourth-order valence-electron chi connectivity index (χ4n) is 6.34. The number of imide groups is 1. The molecule has 4 atom stereocenters. The first kappa shape index (κ1) is 29.8. The minimum Gasteiger partial charge on any atom is -0.492 e. The molecule has 0 saturated carbocycles. The van der Waals surface area contributed by atoms with Crippen LogP contribution in [0.15, 0.2) is 42.5 Å². The fourth-order valence-corrected chi connectivity index (χ4v) is 6.98. The number of nitrogens with one attached hydrogen (secondary N) is 1. The van der Waals surface area contributed by atoms with Crippen molar-refractivity contribution < 1.29 is 40.7 Å². The van der Waals surface area contributed by atoms with E-state index in [4.69, 9.17) is 14.7 Å². The van der Waals surface area contributed by atoms with E-state index in [9.17, 15) is 31.2 Å². The van der Waals surface area contributed by atoms with Gasteiger partial charge in [0, 0.05) is 25.3 Å². The summed E-state index contributed by atoms with van der Waals surface area (Å²) in [6.45, 7) is 6.28. The lowest BCUT2D eigenvalue weighted by molar-refractivity contribution is -0.169. The molecule has 3 heterocycles.